The van der Waals surface area contributed by atoms with Gasteiger partial charge in [0.05, 0.1) is 0 Å². The van der Waals surface area contributed by atoms with Gasteiger partial charge in [-0.2, -0.15) is 0 Å². The summed E-state index contributed by atoms with van der Waals surface area (Å²) in [6, 6.07) is 0.971. The van der Waals surface area contributed by atoms with Gasteiger partial charge in [0.15, 0.2) is 0 Å². The zero-order chi connectivity index (χ0) is 32.8. The van der Waals surface area contributed by atoms with E-state index in [0.29, 0.717) is 26.4 Å². The lowest BCUT2D eigenvalue weighted by Crippen LogP contribution is -2.45. The van der Waals surface area contributed by atoms with Crippen LogP contribution >= 0.6 is 0 Å². The number of hydrogen-bond acceptors (Lipinski definition) is 4. The highest BCUT2D eigenvalue weighted by molar-refractivity contribution is 6.60. The number of aliphatic hydroxyl groups excluding tert-OH is 1. The van der Waals surface area contributed by atoms with E-state index in [1.807, 2.05) is 20.8 Å². The Kier molecular flexibility index (Phi) is 38.6. The van der Waals surface area contributed by atoms with Crippen molar-refractivity contribution in [3.05, 3.63) is 0 Å². The third-order valence-corrected chi connectivity index (χ3v) is 12.6. The predicted octanol–water partition coefficient (Wildman–Crippen LogP) is 13.5. The molecule has 0 amide bonds. The van der Waals surface area contributed by atoms with E-state index in [0.717, 1.165) is 12.5 Å². The molecule has 45 heavy (non-hydrogen) atoms. The molecule has 0 fully saturated rings. The van der Waals surface area contributed by atoms with Crippen molar-refractivity contribution in [3.63, 3.8) is 0 Å². The summed E-state index contributed by atoms with van der Waals surface area (Å²) >= 11 is 0. The Morgan fingerprint density at radius 1 is 0.289 bits per heavy atom. The van der Waals surface area contributed by atoms with Crippen LogP contribution in [0.15, 0.2) is 0 Å². The molecule has 0 radical (unpaired) electrons. The van der Waals surface area contributed by atoms with Gasteiger partial charge in [-0.1, -0.05) is 193 Å². The topological polar surface area (TPSA) is 47.9 Å². The van der Waals surface area contributed by atoms with Gasteiger partial charge in [-0.05, 0) is 33.6 Å². The van der Waals surface area contributed by atoms with E-state index in [1.54, 1.807) is 0 Å². The van der Waals surface area contributed by atoms with Gasteiger partial charge in [0.2, 0.25) is 0 Å². The van der Waals surface area contributed by atoms with Crippen LogP contribution in [0.3, 0.4) is 0 Å². The lowest BCUT2D eigenvalue weighted by Gasteiger charge is -2.28. The molecule has 0 aromatic heterocycles. The summed E-state index contributed by atoms with van der Waals surface area (Å²) in [6.45, 7) is 8.55. The molecule has 0 aliphatic carbocycles. The second-order valence-corrected chi connectivity index (χ2v) is 16.5. The minimum atomic E-state index is -2.42. The van der Waals surface area contributed by atoms with Gasteiger partial charge in [0, 0.05) is 32.5 Å². The van der Waals surface area contributed by atoms with Crippen molar-refractivity contribution in [2.75, 3.05) is 26.4 Å². The largest absolute Gasteiger partial charge is 0.500 e. The second-order valence-electron chi connectivity index (χ2n) is 13.8. The maximum atomic E-state index is 8.80. The van der Waals surface area contributed by atoms with Crippen molar-refractivity contribution in [3.8, 4) is 0 Å². The maximum Gasteiger partial charge on any atom is 0.500 e. The van der Waals surface area contributed by atoms with Gasteiger partial charge in [0.1, 0.15) is 0 Å². The summed E-state index contributed by atoms with van der Waals surface area (Å²) in [5.41, 5.74) is 0. The number of unbranched alkanes of at least 4 members (excludes halogenated alkanes) is 31. The van der Waals surface area contributed by atoms with E-state index in [2.05, 4.69) is 0 Å². The summed E-state index contributed by atoms with van der Waals surface area (Å²) in [5, 5.41) is 8.80. The Morgan fingerprint density at radius 2 is 0.467 bits per heavy atom. The van der Waals surface area contributed by atoms with Crippen LogP contribution in [0, 0.1) is 0 Å². The standard InChI is InChI=1S/C40H84O4Si/c1-4-42-45(43-5-2,44-6-3)40-38-36-34-32-30-28-26-24-22-20-18-16-14-12-10-8-7-9-11-13-15-17-19-21-23-25-27-29-31-33-35-37-39-41/h41H,4-40H2,1-3H3. The first-order valence-electron chi connectivity index (χ1n) is 20.8. The molecule has 0 saturated heterocycles. The molecule has 0 aliphatic rings. The van der Waals surface area contributed by atoms with Crippen LogP contribution in [-0.4, -0.2) is 40.3 Å². The molecule has 0 atom stereocenters. The smallest absolute Gasteiger partial charge is 0.396 e. The van der Waals surface area contributed by atoms with Gasteiger partial charge in [-0.3, -0.25) is 0 Å². The molecule has 272 valence electrons. The quantitative estimate of drug-likeness (QED) is 0.0526. The normalized spacial score (nSPS) is 12.0. The fraction of sp³-hybridized carbons (Fsp3) is 1.00. The second kappa shape index (κ2) is 38.5. The number of aliphatic hydroxyl groups is 1. The van der Waals surface area contributed by atoms with E-state index < -0.39 is 8.80 Å². The predicted molar refractivity (Wildman–Crippen MR) is 200 cm³/mol. The van der Waals surface area contributed by atoms with Crippen molar-refractivity contribution in [2.24, 2.45) is 0 Å². The first kappa shape index (κ1) is 45.1. The van der Waals surface area contributed by atoms with Crippen molar-refractivity contribution in [2.45, 2.75) is 232 Å². The van der Waals surface area contributed by atoms with Gasteiger partial charge < -0.3 is 18.4 Å². The van der Waals surface area contributed by atoms with Crippen molar-refractivity contribution in [1.82, 2.24) is 0 Å². The summed E-state index contributed by atoms with van der Waals surface area (Å²) in [5.74, 6) is 0. The summed E-state index contributed by atoms with van der Waals surface area (Å²) < 4.78 is 17.9. The van der Waals surface area contributed by atoms with Crippen molar-refractivity contribution < 1.29 is 18.4 Å². The molecule has 4 nitrogen and oxygen atoms in total. The first-order chi connectivity index (χ1) is 22.2. The van der Waals surface area contributed by atoms with E-state index in [1.165, 1.54) is 199 Å². The van der Waals surface area contributed by atoms with Crippen LogP contribution in [0.1, 0.15) is 226 Å². The molecule has 1 N–H and O–H groups in total. The number of rotatable bonds is 40. The molecule has 0 heterocycles. The maximum absolute atomic E-state index is 8.80. The van der Waals surface area contributed by atoms with E-state index in [-0.39, 0.29) is 0 Å². The summed E-state index contributed by atoms with van der Waals surface area (Å²) in [7, 11) is -2.42. The Labute approximate surface area is 285 Å². The molecular formula is C40H84O4Si. The average Bonchev–Trinajstić information content (AvgIpc) is 3.03. The van der Waals surface area contributed by atoms with Gasteiger partial charge in [0.25, 0.3) is 0 Å². The van der Waals surface area contributed by atoms with Gasteiger partial charge in [-0.25, -0.2) is 0 Å². The van der Waals surface area contributed by atoms with Crippen LogP contribution in [0.5, 0.6) is 0 Å². The van der Waals surface area contributed by atoms with E-state index in [4.69, 9.17) is 18.4 Å². The molecule has 0 aromatic rings. The minimum Gasteiger partial charge on any atom is -0.396 e. The lowest BCUT2D eigenvalue weighted by atomic mass is 10.0. The summed E-state index contributed by atoms with van der Waals surface area (Å²) in [4.78, 5) is 0. The molecule has 0 rings (SSSR count). The SMILES string of the molecule is CCO[Si](CCCCCCCCCCCCCCCCCCCCCCCCCCCCCCCCCCO)(OCC)OCC. The highest BCUT2D eigenvalue weighted by atomic mass is 28.4. The number of hydrogen-bond donors (Lipinski definition) is 1. The lowest BCUT2D eigenvalue weighted by molar-refractivity contribution is 0.0706. The average molecular weight is 657 g/mol. The monoisotopic (exact) mass is 657 g/mol. The molecule has 0 aromatic carbocycles. The fourth-order valence-corrected chi connectivity index (χ4v) is 9.44. The molecule has 0 spiro atoms. The van der Waals surface area contributed by atoms with Crippen molar-refractivity contribution >= 4 is 8.80 Å². The van der Waals surface area contributed by atoms with Crippen LogP contribution in [-0.2, 0) is 13.3 Å². The van der Waals surface area contributed by atoms with Crippen LogP contribution in [0.4, 0.5) is 0 Å². The van der Waals surface area contributed by atoms with Crippen molar-refractivity contribution in [1.29, 1.82) is 0 Å². The third-order valence-electron chi connectivity index (χ3n) is 9.48. The first-order valence-corrected chi connectivity index (χ1v) is 22.7. The molecule has 0 bridgehead atoms. The van der Waals surface area contributed by atoms with Gasteiger partial charge in [-0.15, -0.1) is 0 Å². The van der Waals surface area contributed by atoms with Crippen LogP contribution in [0.2, 0.25) is 6.04 Å². The Bertz CT molecular complexity index is 515. The Hall–Kier alpha value is 0.0569. The van der Waals surface area contributed by atoms with Crippen LogP contribution in [0.25, 0.3) is 0 Å². The molecular weight excluding hydrogens is 573 g/mol. The van der Waals surface area contributed by atoms with E-state index >= 15 is 0 Å². The zero-order valence-corrected chi connectivity index (χ0v) is 32.3. The Morgan fingerprint density at radius 3 is 0.644 bits per heavy atom. The zero-order valence-electron chi connectivity index (χ0n) is 31.3. The molecule has 0 saturated carbocycles. The Balaban J connectivity index is 3.22. The van der Waals surface area contributed by atoms with Crippen LogP contribution < -0.4 is 0 Å². The molecule has 0 unspecified atom stereocenters. The van der Waals surface area contributed by atoms with Gasteiger partial charge >= 0.3 is 8.80 Å². The molecule has 0 aliphatic heterocycles. The van der Waals surface area contributed by atoms with E-state index in [9.17, 15) is 0 Å². The minimum absolute atomic E-state index is 0.370. The molecule has 5 heteroatoms. The highest BCUT2D eigenvalue weighted by Gasteiger charge is 2.39. The highest BCUT2D eigenvalue weighted by Crippen LogP contribution is 2.21. The summed E-state index contributed by atoms with van der Waals surface area (Å²) in [6.07, 6.45) is 44.9. The third kappa shape index (κ3) is 33.7. The fourth-order valence-electron chi connectivity index (χ4n) is 6.76.